The van der Waals surface area contributed by atoms with Crippen LogP contribution in [0.2, 0.25) is 19.6 Å². The van der Waals surface area contributed by atoms with Crippen LogP contribution in [0.4, 0.5) is 0 Å². The highest BCUT2D eigenvalue weighted by atomic mass is 28.4. The van der Waals surface area contributed by atoms with Crippen molar-refractivity contribution in [3.05, 3.63) is 11.6 Å². The summed E-state index contributed by atoms with van der Waals surface area (Å²) in [6, 6.07) is 0. The summed E-state index contributed by atoms with van der Waals surface area (Å²) in [5.74, 6) is 3.60. The van der Waals surface area contributed by atoms with E-state index in [1.807, 2.05) is 0 Å². The van der Waals surface area contributed by atoms with Gasteiger partial charge in [0.15, 0.2) is 0 Å². The molecule has 4 rings (SSSR count). The number of hydrogen-bond acceptors (Lipinski definition) is 3. The van der Waals surface area contributed by atoms with E-state index in [9.17, 15) is 4.79 Å². The highest BCUT2D eigenvalue weighted by Gasteiger charge is 2.57. The lowest BCUT2D eigenvalue weighted by Gasteiger charge is -2.53. The summed E-state index contributed by atoms with van der Waals surface area (Å²) in [7, 11) is -1.60. The molecule has 0 amide bonds. The van der Waals surface area contributed by atoms with E-state index in [1.165, 1.54) is 25.7 Å². The van der Waals surface area contributed by atoms with Gasteiger partial charge in [0.25, 0.3) is 8.32 Å². The normalized spacial score (nSPS) is 41.3. The SMILES string of the molecule is CC[C@]12CC[C@H]3[C@@H](CCC4=C/C(=N/O[Si](C)(C)C)CC[C@@H]43)[C@@H]1CCC2=O. The minimum absolute atomic E-state index is 0.0504. The fraction of sp³-hybridized carbons (Fsp3) is 0.818. The maximum atomic E-state index is 12.7. The van der Waals surface area contributed by atoms with E-state index in [0.29, 0.717) is 11.7 Å². The summed E-state index contributed by atoms with van der Waals surface area (Å²) in [6.45, 7) is 8.82. The maximum absolute atomic E-state index is 12.7. The predicted molar refractivity (Wildman–Crippen MR) is 109 cm³/mol. The molecule has 26 heavy (non-hydrogen) atoms. The van der Waals surface area contributed by atoms with Gasteiger partial charge in [0.2, 0.25) is 0 Å². The zero-order chi connectivity index (χ0) is 18.5. The summed E-state index contributed by atoms with van der Waals surface area (Å²) in [5.41, 5.74) is 2.84. The Kier molecular flexibility index (Phi) is 4.69. The summed E-state index contributed by atoms with van der Waals surface area (Å²) in [4.78, 5) is 12.7. The van der Waals surface area contributed by atoms with Gasteiger partial charge < -0.3 is 4.53 Å². The molecule has 0 aromatic rings. The quantitative estimate of drug-likeness (QED) is 0.468. The Morgan fingerprint density at radius 3 is 2.65 bits per heavy atom. The number of Topliss-reactive ketones (excluding diaryl/α,β-unsaturated/α-hetero) is 1. The van der Waals surface area contributed by atoms with Crippen LogP contribution in [0.1, 0.15) is 64.7 Å². The Bertz CT molecular complexity index is 647. The molecule has 4 heteroatoms. The maximum Gasteiger partial charge on any atom is 0.278 e. The Labute approximate surface area is 159 Å². The van der Waals surface area contributed by atoms with Gasteiger partial charge in [-0.25, -0.2) is 0 Å². The average molecular weight is 374 g/mol. The molecule has 0 heterocycles. The van der Waals surface area contributed by atoms with Crippen LogP contribution in [0, 0.1) is 29.1 Å². The van der Waals surface area contributed by atoms with Gasteiger partial charge in [-0.2, -0.15) is 0 Å². The molecule has 3 fully saturated rings. The molecular weight excluding hydrogens is 338 g/mol. The number of fused-ring (bicyclic) bond motifs is 5. The van der Waals surface area contributed by atoms with Crippen LogP contribution in [-0.2, 0) is 9.32 Å². The summed E-state index contributed by atoms with van der Waals surface area (Å²) in [6.07, 6.45) is 12.7. The smallest absolute Gasteiger partial charge is 0.278 e. The van der Waals surface area contributed by atoms with Crippen LogP contribution >= 0.6 is 0 Å². The Balaban J connectivity index is 1.53. The lowest BCUT2D eigenvalue weighted by molar-refractivity contribution is -0.132. The molecule has 0 spiro atoms. The Hall–Kier alpha value is -0.903. The highest BCUT2D eigenvalue weighted by molar-refractivity contribution is 6.69. The molecule has 144 valence electrons. The standard InChI is InChI=1S/C22H35NO2Si/c1-5-22-13-12-18-17-9-7-16(23-25-26(2,3)4)14-15(17)6-8-19(18)20(22)10-11-21(22)24/h14,17-20H,5-13H2,1-4H3/b23-16+/t17-,18+,19+,20-,22-/m0/s1. The van der Waals surface area contributed by atoms with Crippen LogP contribution in [-0.4, -0.2) is 19.8 Å². The molecule has 0 bridgehead atoms. The largest absolute Gasteiger partial charge is 0.455 e. The van der Waals surface area contributed by atoms with E-state index >= 15 is 0 Å². The lowest BCUT2D eigenvalue weighted by atomic mass is 9.51. The Morgan fingerprint density at radius 1 is 1.12 bits per heavy atom. The molecule has 0 N–H and O–H groups in total. The van der Waals surface area contributed by atoms with Crippen molar-refractivity contribution in [2.75, 3.05) is 0 Å². The van der Waals surface area contributed by atoms with Crippen LogP contribution in [0.25, 0.3) is 0 Å². The molecule has 4 aliphatic rings. The van der Waals surface area contributed by atoms with Gasteiger partial charge in [-0.1, -0.05) is 12.5 Å². The van der Waals surface area contributed by atoms with E-state index in [1.54, 1.807) is 5.57 Å². The third-order valence-electron chi connectivity index (χ3n) is 7.83. The van der Waals surface area contributed by atoms with Crippen molar-refractivity contribution >= 4 is 19.8 Å². The van der Waals surface area contributed by atoms with Crippen molar-refractivity contribution in [1.82, 2.24) is 0 Å². The van der Waals surface area contributed by atoms with Crippen LogP contribution in [0.15, 0.2) is 16.8 Å². The molecule has 5 atom stereocenters. The first-order chi connectivity index (χ1) is 12.3. The number of nitrogens with zero attached hydrogens (tertiary/aromatic N) is 1. The molecule has 3 saturated carbocycles. The number of allylic oxidation sites excluding steroid dienone is 2. The number of rotatable bonds is 3. The van der Waals surface area contributed by atoms with Crippen molar-refractivity contribution in [2.24, 2.45) is 34.2 Å². The first-order valence-corrected chi connectivity index (χ1v) is 14.2. The molecule has 0 aliphatic heterocycles. The van der Waals surface area contributed by atoms with Gasteiger partial charge >= 0.3 is 0 Å². The highest BCUT2D eigenvalue weighted by Crippen LogP contribution is 2.61. The first kappa shape index (κ1) is 18.5. The fourth-order valence-corrected chi connectivity index (χ4v) is 7.08. The van der Waals surface area contributed by atoms with E-state index in [2.05, 4.69) is 37.8 Å². The first-order valence-electron chi connectivity index (χ1n) is 10.8. The minimum Gasteiger partial charge on any atom is -0.455 e. The molecule has 3 nitrogen and oxygen atoms in total. The van der Waals surface area contributed by atoms with Gasteiger partial charge in [0, 0.05) is 11.8 Å². The number of carbonyl (C=O) groups is 1. The number of carbonyl (C=O) groups excluding carboxylic acids is 1. The van der Waals surface area contributed by atoms with Crippen LogP contribution in [0.3, 0.4) is 0 Å². The summed E-state index contributed by atoms with van der Waals surface area (Å²) >= 11 is 0. The monoisotopic (exact) mass is 373 g/mol. The van der Waals surface area contributed by atoms with Crippen LogP contribution in [0.5, 0.6) is 0 Å². The second kappa shape index (κ2) is 6.61. The molecule has 0 radical (unpaired) electrons. The van der Waals surface area contributed by atoms with Crippen LogP contribution < -0.4 is 0 Å². The van der Waals surface area contributed by atoms with Gasteiger partial charge in [0.1, 0.15) is 5.78 Å². The second-order valence-electron chi connectivity index (χ2n) is 10.1. The van der Waals surface area contributed by atoms with Gasteiger partial charge in [-0.05, 0) is 101 Å². The van der Waals surface area contributed by atoms with Crippen molar-refractivity contribution in [3.63, 3.8) is 0 Å². The predicted octanol–water partition coefficient (Wildman–Crippen LogP) is 5.73. The number of ketones is 1. The van der Waals surface area contributed by atoms with E-state index < -0.39 is 8.32 Å². The molecule has 0 aromatic carbocycles. The van der Waals surface area contributed by atoms with E-state index in [-0.39, 0.29) is 5.41 Å². The minimum atomic E-state index is -1.60. The van der Waals surface area contributed by atoms with Gasteiger partial charge in [-0.3, -0.25) is 4.79 Å². The lowest BCUT2D eigenvalue weighted by Crippen LogP contribution is -2.47. The zero-order valence-corrected chi connectivity index (χ0v) is 18.0. The van der Waals surface area contributed by atoms with Crippen molar-refractivity contribution in [1.29, 1.82) is 0 Å². The average Bonchev–Trinajstić information content (AvgIpc) is 2.96. The fourth-order valence-electron chi connectivity index (χ4n) is 6.68. The molecule has 0 saturated heterocycles. The molecular formula is C22H35NO2Si. The van der Waals surface area contributed by atoms with Crippen molar-refractivity contribution < 1.29 is 9.32 Å². The number of hydrogen-bond donors (Lipinski definition) is 0. The van der Waals surface area contributed by atoms with Crippen molar-refractivity contribution in [3.8, 4) is 0 Å². The zero-order valence-electron chi connectivity index (χ0n) is 17.0. The topological polar surface area (TPSA) is 38.7 Å². The summed E-state index contributed by atoms with van der Waals surface area (Å²) < 4.78 is 5.80. The van der Waals surface area contributed by atoms with Gasteiger partial charge in [0.05, 0.1) is 5.71 Å². The second-order valence-corrected chi connectivity index (χ2v) is 14.5. The van der Waals surface area contributed by atoms with Gasteiger partial charge in [-0.15, -0.1) is 5.16 Å². The van der Waals surface area contributed by atoms with Crippen molar-refractivity contribution in [2.45, 2.75) is 84.4 Å². The molecule has 4 aliphatic carbocycles. The van der Waals surface area contributed by atoms with E-state index in [4.69, 9.17) is 4.53 Å². The number of oxime groups is 1. The molecule has 0 aromatic heterocycles. The van der Waals surface area contributed by atoms with E-state index in [0.717, 1.165) is 55.6 Å². The summed E-state index contributed by atoms with van der Waals surface area (Å²) in [5, 5.41) is 4.49. The third kappa shape index (κ3) is 3.02. The Morgan fingerprint density at radius 2 is 1.92 bits per heavy atom. The molecule has 0 unspecified atom stereocenters. The third-order valence-corrected chi connectivity index (χ3v) is 8.47.